The Morgan fingerprint density at radius 1 is 0.793 bits per heavy atom. The quantitative estimate of drug-likeness (QED) is 0.444. The molecule has 0 amide bonds. The molecular formula is C24H25NO4. The Morgan fingerprint density at radius 2 is 1.38 bits per heavy atom. The number of carbonyl (C=O) groups is 2. The first kappa shape index (κ1) is 20.4. The summed E-state index contributed by atoms with van der Waals surface area (Å²) in [7, 11) is 0. The summed E-state index contributed by atoms with van der Waals surface area (Å²) in [5.74, 6) is -2.33. The largest absolute Gasteiger partial charge is 0.465 e. The van der Waals surface area contributed by atoms with E-state index in [4.69, 9.17) is 9.47 Å². The van der Waals surface area contributed by atoms with Crippen LogP contribution in [0.5, 0.6) is 0 Å². The molecule has 1 atom stereocenters. The van der Waals surface area contributed by atoms with Crippen LogP contribution in [0.2, 0.25) is 0 Å². The molecule has 0 aliphatic carbocycles. The van der Waals surface area contributed by atoms with E-state index in [0.29, 0.717) is 0 Å². The highest BCUT2D eigenvalue weighted by molar-refractivity contribution is 5.96. The van der Waals surface area contributed by atoms with E-state index in [9.17, 15) is 9.59 Å². The molecule has 0 unspecified atom stereocenters. The molecule has 0 fully saturated rings. The number of esters is 2. The van der Waals surface area contributed by atoms with Crippen LogP contribution >= 0.6 is 0 Å². The van der Waals surface area contributed by atoms with Crippen LogP contribution in [0.4, 0.5) is 5.69 Å². The van der Waals surface area contributed by atoms with E-state index in [1.54, 1.807) is 13.8 Å². The van der Waals surface area contributed by atoms with E-state index in [0.717, 1.165) is 22.0 Å². The van der Waals surface area contributed by atoms with Gasteiger partial charge in [0.05, 0.1) is 19.3 Å². The van der Waals surface area contributed by atoms with Gasteiger partial charge in [0.15, 0.2) is 5.92 Å². The van der Waals surface area contributed by atoms with E-state index < -0.39 is 23.9 Å². The standard InChI is InChI=1S/C24H25NO4/c1-3-28-23(26)21(24(27)29-4-2)22(18-11-6-5-7-12-18)25-20-15-14-17-10-8-9-13-19(17)16-20/h5-16,21-22,25H,3-4H2,1-2H3/t22-/m1/s1. The minimum atomic E-state index is -1.12. The number of rotatable bonds is 8. The molecule has 0 saturated heterocycles. The van der Waals surface area contributed by atoms with Crippen LogP contribution < -0.4 is 5.32 Å². The normalized spacial score (nSPS) is 11.8. The fourth-order valence-corrected chi connectivity index (χ4v) is 3.31. The van der Waals surface area contributed by atoms with Gasteiger partial charge >= 0.3 is 11.9 Å². The molecule has 0 heterocycles. The molecule has 3 aromatic rings. The van der Waals surface area contributed by atoms with Crippen molar-refractivity contribution < 1.29 is 19.1 Å². The molecule has 150 valence electrons. The van der Waals surface area contributed by atoms with Gasteiger partial charge in [0.2, 0.25) is 0 Å². The molecule has 5 heteroatoms. The fourth-order valence-electron chi connectivity index (χ4n) is 3.31. The lowest BCUT2D eigenvalue weighted by Crippen LogP contribution is -2.36. The summed E-state index contributed by atoms with van der Waals surface area (Å²) in [6.07, 6.45) is 0. The van der Waals surface area contributed by atoms with Crippen LogP contribution in [0, 0.1) is 5.92 Å². The number of hydrogen-bond acceptors (Lipinski definition) is 5. The number of anilines is 1. The summed E-state index contributed by atoms with van der Waals surface area (Å²) >= 11 is 0. The van der Waals surface area contributed by atoms with E-state index in [1.807, 2.05) is 72.8 Å². The number of fused-ring (bicyclic) bond motifs is 1. The second-order valence-electron chi connectivity index (χ2n) is 6.58. The zero-order valence-corrected chi connectivity index (χ0v) is 16.6. The van der Waals surface area contributed by atoms with Crippen molar-refractivity contribution in [1.29, 1.82) is 0 Å². The van der Waals surface area contributed by atoms with Crippen molar-refractivity contribution in [3.05, 3.63) is 78.4 Å². The summed E-state index contributed by atoms with van der Waals surface area (Å²) in [5, 5.41) is 5.54. The third-order valence-corrected chi connectivity index (χ3v) is 4.64. The number of hydrogen-bond donors (Lipinski definition) is 1. The molecule has 5 nitrogen and oxygen atoms in total. The average Bonchev–Trinajstić information content (AvgIpc) is 2.74. The molecule has 0 aliphatic rings. The Morgan fingerprint density at radius 3 is 2.00 bits per heavy atom. The molecule has 3 aromatic carbocycles. The summed E-state index contributed by atoms with van der Waals surface area (Å²) < 4.78 is 10.4. The molecule has 0 radical (unpaired) electrons. The fraction of sp³-hybridized carbons (Fsp3) is 0.250. The molecule has 0 aliphatic heterocycles. The highest BCUT2D eigenvalue weighted by atomic mass is 16.6. The van der Waals surface area contributed by atoms with Crippen LogP contribution in [0.15, 0.2) is 72.8 Å². The average molecular weight is 391 g/mol. The number of ether oxygens (including phenoxy) is 2. The number of carbonyl (C=O) groups excluding carboxylic acids is 2. The Balaban J connectivity index is 2.01. The molecule has 29 heavy (non-hydrogen) atoms. The lowest BCUT2D eigenvalue weighted by Gasteiger charge is -2.26. The van der Waals surface area contributed by atoms with Crippen LogP contribution in [-0.4, -0.2) is 25.2 Å². The highest BCUT2D eigenvalue weighted by Crippen LogP contribution is 2.30. The smallest absolute Gasteiger partial charge is 0.322 e. The Kier molecular flexibility index (Phi) is 6.85. The third kappa shape index (κ3) is 4.93. The molecule has 1 N–H and O–H groups in total. The monoisotopic (exact) mass is 391 g/mol. The Labute approximate surface area is 170 Å². The van der Waals surface area contributed by atoms with Gasteiger partial charge < -0.3 is 14.8 Å². The van der Waals surface area contributed by atoms with Crippen molar-refractivity contribution in [1.82, 2.24) is 0 Å². The van der Waals surface area contributed by atoms with Crippen LogP contribution in [-0.2, 0) is 19.1 Å². The first-order valence-electron chi connectivity index (χ1n) is 9.77. The van der Waals surface area contributed by atoms with Crippen molar-refractivity contribution in [3.63, 3.8) is 0 Å². The first-order valence-corrected chi connectivity index (χ1v) is 9.77. The predicted molar refractivity (Wildman–Crippen MR) is 114 cm³/mol. The molecular weight excluding hydrogens is 366 g/mol. The molecule has 0 spiro atoms. The zero-order valence-electron chi connectivity index (χ0n) is 16.6. The summed E-state index contributed by atoms with van der Waals surface area (Å²) in [6.45, 7) is 3.81. The van der Waals surface area contributed by atoms with E-state index in [2.05, 4.69) is 5.32 Å². The zero-order chi connectivity index (χ0) is 20.6. The van der Waals surface area contributed by atoms with Gasteiger partial charge in [-0.1, -0.05) is 60.7 Å². The second kappa shape index (κ2) is 9.73. The molecule has 0 bridgehead atoms. The number of nitrogens with one attached hydrogen (secondary N) is 1. The molecule has 0 aromatic heterocycles. The summed E-state index contributed by atoms with van der Waals surface area (Å²) in [6, 6.07) is 22.7. The second-order valence-corrected chi connectivity index (χ2v) is 6.58. The van der Waals surface area contributed by atoms with Gasteiger partial charge in [-0.05, 0) is 42.3 Å². The lowest BCUT2D eigenvalue weighted by atomic mass is 9.92. The van der Waals surface area contributed by atoms with Crippen LogP contribution in [0.1, 0.15) is 25.5 Å². The Bertz CT molecular complexity index is 953. The van der Waals surface area contributed by atoms with Crippen molar-refractivity contribution >= 4 is 28.4 Å². The van der Waals surface area contributed by atoms with Gasteiger partial charge in [0, 0.05) is 5.69 Å². The SMILES string of the molecule is CCOC(=O)C(C(=O)OCC)[C@H](Nc1ccc2ccccc2c1)c1ccccc1. The molecule has 0 saturated carbocycles. The van der Waals surface area contributed by atoms with Gasteiger partial charge in [-0.15, -0.1) is 0 Å². The van der Waals surface area contributed by atoms with Crippen LogP contribution in [0.3, 0.4) is 0 Å². The van der Waals surface area contributed by atoms with E-state index in [-0.39, 0.29) is 13.2 Å². The van der Waals surface area contributed by atoms with Crippen molar-refractivity contribution in [3.8, 4) is 0 Å². The summed E-state index contributed by atoms with van der Waals surface area (Å²) in [4.78, 5) is 25.4. The topological polar surface area (TPSA) is 64.6 Å². The van der Waals surface area contributed by atoms with Gasteiger partial charge in [-0.25, -0.2) is 0 Å². The maximum atomic E-state index is 12.7. The predicted octanol–water partition coefficient (Wildman–Crippen LogP) is 4.74. The van der Waals surface area contributed by atoms with Crippen molar-refractivity contribution in [2.45, 2.75) is 19.9 Å². The minimum absolute atomic E-state index is 0.187. The van der Waals surface area contributed by atoms with Crippen molar-refractivity contribution in [2.24, 2.45) is 5.92 Å². The number of benzene rings is 3. The maximum absolute atomic E-state index is 12.7. The summed E-state index contributed by atoms with van der Waals surface area (Å²) in [5.41, 5.74) is 1.60. The van der Waals surface area contributed by atoms with Gasteiger partial charge in [0.1, 0.15) is 0 Å². The highest BCUT2D eigenvalue weighted by Gasteiger charge is 2.38. The van der Waals surface area contributed by atoms with Gasteiger partial charge in [-0.2, -0.15) is 0 Å². The Hall–Kier alpha value is -3.34. The van der Waals surface area contributed by atoms with Crippen LogP contribution in [0.25, 0.3) is 10.8 Å². The molecule has 3 rings (SSSR count). The third-order valence-electron chi connectivity index (χ3n) is 4.64. The van der Waals surface area contributed by atoms with E-state index in [1.165, 1.54) is 0 Å². The lowest BCUT2D eigenvalue weighted by molar-refractivity contribution is -0.162. The van der Waals surface area contributed by atoms with E-state index >= 15 is 0 Å². The maximum Gasteiger partial charge on any atom is 0.322 e. The van der Waals surface area contributed by atoms with Crippen molar-refractivity contribution in [2.75, 3.05) is 18.5 Å². The first-order chi connectivity index (χ1) is 14.1. The van der Waals surface area contributed by atoms with Gasteiger partial charge in [-0.3, -0.25) is 9.59 Å². The minimum Gasteiger partial charge on any atom is -0.465 e. The van der Waals surface area contributed by atoms with Gasteiger partial charge in [0.25, 0.3) is 0 Å².